The van der Waals surface area contributed by atoms with E-state index in [4.69, 9.17) is 0 Å². The fraction of sp³-hybridized carbons (Fsp3) is 0.522. The molecule has 2 rings (SSSR count). The molecule has 2 aromatic carbocycles. The topological polar surface area (TPSA) is 0 Å². The van der Waals surface area contributed by atoms with Gasteiger partial charge in [-0.05, 0) is 71.9 Å². The molecule has 0 nitrogen and oxygen atoms in total. The quantitative estimate of drug-likeness (QED) is 0.406. The summed E-state index contributed by atoms with van der Waals surface area (Å²) >= 11 is 0. The van der Waals surface area contributed by atoms with Crippen LogP contribution in [0.5, 0.6) is 0 Å². The number of hydrogen-bond donors (Lipinski definition) is 0. The molecule has 0 aliphatic heterocycles. The maximum absolute atomic E-state index is 2.32. The first kappa shape index (κ1) is 23.1. The Bertz CT molecular complexity index is 426. The summed E-state index contributed by atoms with van der Waals surface area (Å²) in [4.78, 5) is 0. The van der Waals surface area contributed by atoms with Crippen molar-refractivity contribution in [1.29, 1.82) is 0 Å². The van der Waals surface area contributed by atoms with Crippen molar-refractivity contribution in [3.63, 3.8) is 0 Å². The molecule has 0 radical (unpaired) electrons. The van der Waals surface area contributed by atoms with E-state index in [0.29, 0.717) is 0 Å². The van der Waals surface area contributed by atoms with Gasteiger partial charge in [0.05, 0.1) is 0 Å². The average Bonchev–Trinajstić information content (AvgIpc) is 3.18. The van der Waals surface area contributed by atoms with Crippen LogP contribution >= 0.6 is 0 Å². The summed E-state index contributed by atoms with van der Waals surface area (Å²) in [6.45, 7) is 13.9. The summed E-state index contributed by atoms with van der Waals surface area (Å²) < 4.78 is 0. The van der Waals surface area contributed by atoms with Crippen LogP contribution in [0.1, 0.15) is 74.9 Å². The van der Waals surface area contributed by atoms with Crippen molar-refractivity contribution in [2.75, 3.05) is 0 Å². The van der Waals surface area contributed by atoms with Crippen LogP contribution in [0.25, 0.3) is 0 Å². The van der Waals surface area contributed by atoms with E-state index >= 15 is 0 Å². The maximum Gasteiger partial charge on any atom is 0 e. The molecule has 0 saturated heterocycles. The molecule has 1 heteroatoms. The van der Waals surface area contributed by atoms with Gasteiger partial charge in [0, 0.05) is 17.1 Å². The standard InChI is InChI=1S/C18H30.C5H5.Fe/c1-7-13-14(8-2)16(10-4)18(12-6)17(11-5)15(13)9-3;1-2-4-5-3-1;/h7-12H2,1-6H3;1-5H;/q;-1;. The molecule has 24 heavy (non-hydrogen) atoms. The van der Waals surface area contributed by atoms with Crippen molar-refractivity contribution in [3.8, 4) is 0 Å². The zero-order valence-corrected chi connectivity index (χ0v) is 17.6. The van der Waals surface area contributed by atoms with Gasteiger partial charge in [0.2, 0.25) is 0 Å². The molecule has 0 amide bonds. The summed E-state index contributed by atoms with van der Waals surface area (Å²) in [5, 5.41) is 0. The second kappa shape index (κ2) is 12.5. The van der Waals surface area contributed by atoms with E-state index in [1.165, 1.54) is 38.5 Å². The van der Waals surface area contributed by atoms with Crippen LogP contribution in [-0.4, -0.2) is 0 Å². The van der Waals surface area contributed by atoms with Crippen LogP contribution in [-0.2, 0) is 55.6 Å². The Morgan fingerprint density at radius 3 is 0.792 bits per heavy atom. The van der Waals surface area contributed by atoms with Gasteiger partial charge in [-0.25, -0.2) is 12.1 Å². The van der Waals surface area contributed by atoms with E-state index < -0.39 is 0 Å². The minimum absolute atomic E-state index is 0. The fourth-order valence-electron chi connectivity index (χ4n) is 3.97. The van der Waals surface area contributed by atoms with Gasteiger partial charge < -0.3 is 0 Å². The predicted octanol–water partition coefficient (Wildman–Crippen LogP) is 6.46. The molecule has 0 aliphatic rings. The Balaban J connectivity index is 0.000000751. The minimum atomic E-state index is 0. The van der Waals surface area contributed by atoms with Crippen molar-refractivity contribution >= 4 is 0 Å². The monoisotopic (exact) mass is 367 g/mol. The van der Waals surface area contributed by atoms with Crippen LogP contribution in [0.4, 0.5) is 0 Å². The van der Waals surface area contributed by atoms with Crippen molar-refractivity contribution < 1.29 is 17.1 Å². The normalized spacial score (nSPS) is 9.92. The molecule has 0 aromatic heterocycles. The molecular weight excluding hydrogens is 332 g/mol. The van der Waals surface area contributed by atoms with E-state index in [0.717, 1.165) is 0 Å². The van der Waals surface area contributed by atoms with Crippen LogP contribution in [0.2, 0.25) is 0 Å². The predicted molar refractivity (Wildman–Crippen MR) is 105 cm³/mol. The summed E-state index contributed by atoms with van der Waals surface area (Å²) in [5.41, 5.74) is 9.95. The van der Waals surface area contributed by atoms with Gasteiger partial charge in [0.25, 0.3) is 0 Å². The first-order valence-electron chi connectivity index (χ1n) is 9.53. The molecule has 0 spiro atoms. The summed E-state index contributed by atoms with van der Waals surface area (Å²) in [6.07, 6.45) is 7.14. The van der Waals surface area contributed by atoms with Gasteiger partial charge >= 0.3 is 0 Å². The maximum atomic E-state index is 2.32. The van der Waals surface area contributed by atoms with E-state index in [-0.39, 0.29) is 17.1 Å². The van der Waals surface area contributed by atoms with Crippen LogP contribution in [0.3, 0.4) is 0 Å². The molecule has 2 aromatic rings. The molecule has 0 N–H and O–H groups in total. The molecule has 136 valence electrons. The van der Waals surface area contributed by atoms with Crippen molar-refractivity contribution in [2.24, 2.45) is 0 Å². The van der Waals surface area contributed by atoms with E-state index in [9.17, 15) is 0 Å². The zero-order chi connectivity index (χ0) is 17.2. The Kier molecular flexibility index (Phi) is 12.0. The third-order valence-electron chi connectivity index (χ3n) is 4.86. The fourth-order valence-corrected chi connectivity index (χ4v) is 3.97. The van der Waals surface area contributed by atoms with Gasteiger partial charge in [-0.2, -0.15) is 18.2 Å². The van der Waals surface area contributed by atoms with Crippen molar-refractivity contribution in [3.05, 3.63) is 63.7 Å². The first-order chi connectivity index (χ1) is 11.2. The molecule has 0 bridgehead atoms. The Hall–Kier alpha value is -0.911. The second-order valence-corrected chi connectivity index (χ2v) is 5.95. The van der Waals surface area contributed by atoms with E-state index in [1.54, 1.807) is 33.4 Å². The van der Waals surface area contributed by atoms with Gasteiger partial charge in [0.1, 0.15) is 0 Å². The minimum Gasteiger partial charge on any atom is -0.214 e. The summed E-state index contributed by atoms with van der Waals surface area (Å²) in [7, 11) is 0. The second-order valence-electron chi connectivity index (χ2n) is 5.95. The van der Waals surface area contributed by atoms with Gasteiger partial charge in [0.15, 0.2) is 0 Å². The third kappa shape index (κ3) is 5.30. The number of rotatable bonds is 6. The Morgan fingerprint density at radius 2 is 0.708 bits per heavy atom. The van der Waals surface area contributed by atoms with Gasteiger partial charge in [-0.15, -0.1) is 0 Å². The molecule has 0 saturated carbocycles. The molecule has 0 fully saturated rings. The van der Waals surface area contributed by atoms with Crippen LogP contribution in [0, 0.1) is 0 Å². The molecule has 0 heterocycles. The zero-order valence-electron chi connectivity index (χ0n) is 16.5. The van der Waals surface area contributed by atoms with Crippen LogP contribution < -0.4 is 0 Å². The third-order valence-corrected chi connectivity index (χ3v) is 4.86. The molecule has 0 aliphatic carbocycles. The SMILES string of the molecule is CCc1c(CC)c(CC)c(CC)c(CC)c1CC.[Fe].c1cc[cH-]c1. The average molecular weight is 367 g/mol. The Labute approximate surface area is 160 Å². The first-order valence-corrected chi connectivity index (χ1v) is 9.53. The van der Waals surface area contributed by atoms with E-state index in [1.807, 2.05) is 30.3 Å². The van der Waals surface area contributed by atoms with E-state index in [2.05, 4.69) is 41.5 Å². The smallest absolute Gasteiger partial charge is 0 e. The van der Waals surface area contributed by atoms with Gasteiger partial charge in [-0.1, -0.05) is 41.5 Å². The molecule has 0 unspecified atom stereocenters. The van der Waals surface area contributed by atoms with Crippen LogP contribution in [0.15, 0.2) is 30.3 Å². The van der Waals surface area contributed by atoms with Crippen molar-refractivity contribution in [2.45, 2.75) is 80.1 Å². The summed E-state index contributed by atoms with van der Waals surface area (Å²) in [6, 6.07) is 10.0. The largest absolute Gasteiger partial charge is 0.214 e. The Morgan fingerprint density at radius 1 is 0.500 bits per heavy atom. The summed E-state index contributed by atoms with van der Waals surface area (Å²) in [5.74, 6) is 0. The van der Waals surface area contributed by atoms with Gasteiger partial charge in [-0.3, -0.25) is 0 Å². The number of hydrogen-bond acceptors (Lipinski definition) is 0. The number of benzene rings is 1. The molecular formula is C23H35Fe-. The molecule has 0 atom stereocenters. The van der Waals surface area contributed by atoms with Crippen molar-refractivity contribution in [1.82, 2.24) is 0 Å².